The molecule has 8 nitrogen and oxygen atoms in total. The van der Waals surface area contributed by atoms with Crippen LogP contribution >= 0.6 is 11.6 Å². The minimum atomic E-state index is -0.521. The zero-order valence-corrected chi connectivity index (χ0v) is 18.4. The molecule has 0 aliphatic heterocycles. The summed E-state index contributed by atoms with van der Waals surface area (Å²) in [5.41, 5.74) is 1.35. The van der Waals surface area contributed by atoms with E-state index in [0.29, 0.717) is 21.9 Å². The zero-order chi connectivity index (χ0) is 23.5. The third kappa shape index (κ3) is 4.61. The highest BCUT2D eigenvalue weighted by molar-refractivity contribution is 6.32. The Morgan fingerprint density at radius 2 is 1.88 bits per heavy atom. The highest BCUT2D eigenvalue weighted by atomic mass is 35.5. The number of methoxy groups -OCH3 is 1. The summed E-state index contributed by atoms with van der Waals surface area (Å²) in [5, 5.41) is 3.25. The van der Waals surface area contributed by atoms with Gasteiger partial charge >= 0.3 is 5.97 Å². The van der Waals surface area contributed by atoms with Gasteiger partial charge in [0.15, 0.2) is 12.4 Å². The molecule has 0 bridgehead atoms. The van der Waals surface area contributed by atoms with Crippen molar-refractivity contribution < 1.29 is 27.9 Å². The average molecular weight is 468 g/mol. The fourth-order valence-electron chi connectivity index (χ4n) is 3.14. The first-order valence-electron chi connectivity index (χ1n) is 9.79. The van der Waals surface area contributed by atoms with Crippen molar-refractivity contribution in [3.8, 4) is 17.3 Å². The fraction of sp³-hybridized carbons (Fsp3) is 0.125. The molecule has 1 amide bonds. The molecule has 2 heterocycles. The Hall–Kier alpha value is -4.04. The number of carbonyl (C=O) groups is 2. The van der Waals surface area contributed by atoms with E-state index in [-0.39, 0.29) is 22.7 Å². The van der Waals surface area contributed by atoms with Crippen LogP contribution in [0.25, 0.3) is 22.5 Å². The number of esters is 1. The van der Waals surface area contributed by atoms with E-state index in [9.17, 15) is 14.4 Å². The Morgan fingerprint density at radius 3 is 2.55 bits per heavy atom. The van der Waals surface area contributed by atoms with Crippen molar-refractivity contribution in [2.24, 2.45) is 0 Å². The van der Waals surface area contributed by atoms with Gasteiger partial charge in [0.05, 0.1) is 24.3 Å². The summed E-state index contributed by atoms with van der Waals surface area (Å²) >= 11 is 6.18. The van der Waals surface area contributed by atoms with Crippen molar-refractivity contribution in [2.75, 3.05) is 19.0 Å². The number of benzene rings is 2. The van der Waals surface area contributed by atoms with Gasteiger partial charge in [-0.3, -0.25) is 9.59 Å². The summed E-state index contributed by atoms with van der Waals surface area (Å²) in [7, 11) is 1.28. The Bertz CT molecular complexity index is 1390. The Kier molecular flexibility index (Phi) is 6.19. The molecule has 2 aromatic heterocycles. The van der Waals surface area contributed by atoms with Crippen molar-refractivity contribution in [1.29, 1.82) is 0 Å². The van der Waals surface area contributed by atoms with Gasteiger partial charge in [0.2, 0.25) is 16.9 Å². The second-order valence-corrected chi connectivity index (χ2v) is 7.48. The van der Waals surface area contributed by atoms with Gasteiger partial charge < -0.3 is 23.6 Å². The van der Waals surface area contributed by atoms with Gasteiger partial charge in [0.25, 0.3) is 5.91 Å². The lowest BCUT2D eigenvalue weighted by atomic mass is 10.1. The van der Waals surface area contributed by atoms with Gasteiger partial charge in [-0.05, 0) is 61.0 Å². The normalized spacial score (nSPS) is 10.8. The van der Waals surface area contributed by atoms with Crippen LogP contribution in [0.2, 0.25) is 5.02 Å². The zero-order valence-electron chi connectivity index (χ0n) is 17.6. The van der Waals surface area contributed by atoms with E-state index in [4.69, 9.17) is 25.2 Å². The van der Waals surface area contributed by atoms with Gasteiger partial charge in [-0.25, -0.2) is 4.79 Å². The van der Waals surface area contributed by atoms with Crippen LogP contribution < -0.4 is 15.5 Å². The number of hydrogen-bond donors (Lipinski definition) is 1. The molecule has 0 aliphatic carbocycles. The lowest BCUT2D eigenvalue weighted by molar-refractivity contribution is -0.118. The molecule has 33 heavy (non-hydrogen) atoms. The van der Waals surface area contributed by atoms with Gasteiger partial charge in [0.1, 0.15) is 5.58 Å². The highest BCUT2D eigenvalue weighted by Gasteiger charge is 2.21. The third-order valence-corrected chi connectivity index (χ3v) is 5.22. The molecule has 0 saturated carbocycles. The molecule has 9 heteroatoms. The van der Waals surface area contributed by atoms with Crippen molar-refractivity contribution in [3.05, 3.63) is 81.2 Å². The SMILES string of the molecule is COC(=O)c1ccc(NC(=O)COc2c(-c3ccco3)oc3cc(C)c(Cl)cc3c2=O)cc1. The molecule has 0 unspecified atom stereocenters. The molecule has 0 spiro atoms. The molecule has 4 aromatic rings. The molecule has 1 N–H and O–H groups in total. The predicted octanol–water partition coefficient (Wildman–Crippen LogP) is 4.82. The number of furan rings is 1. The number of nitrogens with one attached hydrogen (secondary N) is 1. The highest BCUT2D eigenvalue weighted by Crippen LogP contribution is 2.33. The van der Waals surface area contributed by atoms with Crippen LogP contribution in [0.4, 0.5) is 5.69 Å². The summed E-state index contributed by atoms with van der Waals surface area (Å²) in [5.74, 6) is -0.842. The largest absolute Gasteiger partial charge is 0.476 e. The number of aryl methyl sites for hydroxylation is 1. The van der Waals surface area contributed by atoms with E-state index >= 15 is 0 Å². The predicted molar refractivity (Wildman–Crippen MR) is 122 cm³/mol. The second-order valence-electron chi connectivity index (χ2n) is 7.07. The van der Waals surface area contributed by atoms with Gasteiger partial charge in [-0.1, -0.05) is 11.6 Å². The van der Waals surface area contributed by atoms with E-state index in [1.165, 1.54) is 31.6 Å². The van der Waals surface area contributed by atoms with Crippen LogP contribution in [0.15, 0.2) is 68.4 Å². The topological polar surface area (TPSA) is 108 Å². The number of anilines is 1. The van der Waals surface area contributed by atoms with E-state index in [0.717, 1.165) is 5.56 Å². The van der Waals surface area contributed by atoms with Crippen LogP contribution in [0.5, 0.6) is 5.75 Å². The third-order valence-electron chi connectivity index (χ3n) is 4.81. The summed E-state index contributed by atoms with van der Waals surface area (Å²) in [6, 6.07) is 12.5. The molecule has 0 radical (unpaired) electrons. The minimum absolute atomic E-state index is 0.0643. The van der Waals surface area contributed by atoms with Crippen molar-refractivity contribution in [3.63, 3.8) is 0 Å². The molecule has 4 rings (SSSR count). The number of amides is 1. The van der Waals surface area contributed by atoms with Crippen LogP contribution in [-0.4, -0.2) is 25.6 Å². The summed E-state index contributed by atoms with van der Waals surface area (Å²) in [4.78, 5) is 37.1. The van der Waals surface area contributed by atoms with Gasteiger partial charge in [0, 0.05) is 10.7 Å². The second kappa shape index (κ2) is 9.22. The Balaban J connectivity index is 1.60. The van der Waals surface area contributed by atoms with E-state index in [1.807, 2.05) is 0 Å². The number of carbonyl (C=O) groups excluding carboxylic acids is 2. The standard InChI is InChI=1S/C24H18ClNO7/c1-13-10-19-16(11-17(13)25)21(28)23(22(33-19)18-4-3-9-31-18)32-12-20(27)26-15-7-5-14(6-8-15)24(29)30-2/h3-11H,12H2,1-2H3,(H,26,27). The summed E-state index contributed by atoms with van der Waals surface area (Å²) in [6.07, 6.45) is 1.43. The molecule has 0 atom stereocenters. The maximum Gasteiger partial charge on any atom is 0.337 e. The van der Waals surface area contributed by atoms with Crippen molar-refractivity contribution in [1.82, 2.24) is 0 Å². The molecular formula is C24H18ClNO7. The molecule has 0 saturated heterocycles. The maximum absolute atomic E-state index is 13.1. The summed E-state index contributed by atoms with van der Waals surface area (Å²) in [6.45, 7) is 1.32. The number of fused-ring (bicyclic) bond motifs is 1. The number of halogens is 1. The number of ether oxygens (including phenoxy) is 2. The molecule has 0 fully saturated rings. The Morgan fingerprint density at radius 1 is 1.12 bits per heavy atom. The first-order chi connectivity index (χ1) is 15.9. The van der Waals surface area contributed by atoms with E-state index in [2.05, 4.69) is 10.1 Å². The smallest absolute Gasteiger partial charge is 0.337 e. The molecule has 0 aliphatic rings. The molecule has 168 valence electrons. The first kappa shape index (κ1) is 22.2. The van der Waals surface area contributed by atoms with Crippen LogP contribution in [0, 0.1) is 6.92 Å². The Labute approximate surface area is 192 Å². The maximum atomic E-state index is 13.1. The average Bonchev–Trinajstić information content (AvgIpc) is 3.34. The van der Waals surface area contributed by atoms with Crippen molar-refractivity contribution >= 4 is 40.1 Å². The minimum Gasteiger partial charge on any atom is -0.476 e. The lowest BCUT2D eigenvalue weighted by Crippen LogP contribution is -2.22. The fourth-order valence-corrected chi connectivity index (χ4v) is 3.31. The number of hydrogen-bond acceptors (Lipinski definition) is 7. The quantitative estimate of drug-likeness (QED) is 0.405. The first-order valence-corrected chi connectivity index (χ1v) is 10.2. The lowest BCUT2D eigenvalue weighted by Gasteiger charge is -2.11. The monoisotopic (exact) mass is 467 g/mol. The molecular weight excluding hydrogens is 450 g/mol. The van der Waals surface area contributed by atoms with Crippen LogP contribution in [0.1, 0.15) is 15.9 Å². The van der Waals surface area contributed by atoms with Gasteiger partial charge in [-0.2, -0.15) is 0 Å². The van der Waals surface area contributed by atoms with Crippen LogP contribution in [-0.2, 0) is 9.53 Å². The van der Waals surface area contributed by atoms with E-state index in [1.54, 1.807) is 37.3 Å². The van der Waals surface area contributed by atoms with Crippen molar-refractivity contribution in [2.45, 2.75) is 6.92 Å². The summed E-state index contributed by atoms with van der Waals surface area (Å²) < 4.78 is 21.5. The number of rotatable bonds is 6. The molecule has 2 aromatic carbocycles. The van der Waals surface area contributed by atoms with Crippen LogP contribution in [0.3, 0.4) is 0 Å². The van der Waals surface area contributed by atoms with E-state index < -0.39 is 23.9 Å². The van der Waals surface area contributed by atoms with Gasteiger partial charge in [-0.15, -0.1) is 0 Å².